The van der Waals surface area contributed by atoms with Crippen LogP contribution in [-0.4, -0.2) is 152 Å². The zero-order chi connectivity index (χ0) is 26.0. The molecular formula is C24H49FO11. The molecule has 11 nitrogen and oxygen atoms in total. The van der Waals surface area contributed by atoms with E-state index in [2.05, 4.69) is 0 Å². The lowest BCUT2D eigenvalue weighted by molar-refractivity contribution is -0.0274. The molecule has 0 radical (unpaired) electrons. The molecule has 0 N–H and O–H groups in total. The van der Waals surface area contributed by atoms with E-state index >= 15 is 0 Å². The maximum Gasteiger partial charge on any atom is 0.113 e. The monoisotopic (exact) mass is 532 g/mol. The van der Waals surface area contributed by atoms with Crippen molar-refractivity contribution in [2.75, 3.05) is 152 Å². The second-order valence-electron chi connectivity index (χ2n) is 7.01. The highest BCUT2D eigenvalue weighted by Gasteiger charge is 1.96. The molecule has 0 aromatic carbocycles. The molecule has 0 spiro atoms. The maximum atomic E-state index is 11.8. The maximum absolute atomic E-state index is 11.8. The summed E-state index contributed by atoms with van der Waals surface area (Å²) in [5.41, 5.74) is 0. The van der Waals surface area contributed by atoms with Gasteiger partial charge in [0.2, 0.25) is 0 Å². The number of alkyl halides is 1. The zero-order valence-electron chi connectivity index (χ0n) is 22.1. The molecule has 0 amide bonds. The fourth-order valence-corrected chi connectivity index (χ4v) is 2.40. The Bertz CT molecular complexity index is 350. The summed E-state index contributed by atoms with van der Waals surface area (Å²) >= 11 is 0. The lowest BCUT2D eigenvalue weighted by Gasteiger charge is -2.09. The summed E-state index contributed by atoms with van der Waals surface area (Å²) in [6.45, 7) is 12.6. The Balaban J connectivity index is 3.00. The molecule has 12 heteroatoms. The van der Waals surface area contributed by atoms with Crippen molar-refractivity contribution < 1.29 is 56.5 Å². The van der Waals surface area contributed by atoms with E-state index in [0.717, 1.165) is 0 Å². The van der Waals surface area contributed by atoms with Crippen LogP contribution in [0, 0.1) is 0 Å². The van der Waals surface area contributed by atoms with Gasteiger partial charge in [0.25, 0.3) is 0 Å². The lowest BCUT2D eigenvalue weighted by atomic mass is 10.6. The van der Waals surface area contributed by atoms with Crippen molar-refractivity contribution in [2.24, 2.45) is 0 Å². The first-order valence-corrected chi connectivity index (χ1v) is 12.8. The van der Waals surface area contributed by atoms with E-state index in [9.17, 15) is 4.39 Å². The summed E-state index contributed by atoms with van der Waals surface area (Å²) in [6, 6.07) is 0. The molecule has 0 saturated heterocycles. The van der Waals surface area contributed by atoms with Crippen LogP contribution in [0.15, 0.2) is 0 Å². The highest BCUT2D eigenvalue weighted by atomic mass is 19.1. The minimum absolute atomic E-state index is 0.116. The van der Waals surface area contributed by atoms with E-state index in [4.69, 9.17) is 52.1 Å². The van der Waals surface area contributed by atoms with E-state index in [1.54, 1.807) is 0 Å². The second kappa shape index (κ2) is 34.5. The van der Waals surface area contributed by atoms with Gasteiger partial charge in [0.15, 0.2) is 0 Å². The molecule has 0 fully saturated rings. The van der Waals surface area contributed by atoms with Crippen LogP contribution in [0.5, 0.6) is 0 Å². The highest BCUT2D eigenvalue weighted by molar-refractivity contribution is 4.38. The molecule has 0 atom stereocenters. The topological polar surface area (TPSA) is 102 Å². The van der Waals surface area contributed by atoms with Crippen molar-refractivity contribution in [3.05, 3.63) is 0 Å². The predicted molar refractivity (Wildman–Crippen MR) is 131 cm³/mol. The standard InChI is InChI=1S/C24H49FO11/c1-2-26-5-6-28-9-10-30-13-14-32-17-18-34-21-22-36-24-23-35-20-19-33-16-15-31-12-11-29-8-7-27-4-3-25/h2-24H2,1H3. The van der Waals surface area contributed by atoms with E-state index in [1.165, 1.54) is 0 Å². The molecule has 0 aliphatic heterocycles. The Hall–Kier alpha value is -0.510. The summed E-state index contributed by atoms with van der Waals surface area (Å²) in [5, 5.41) is 0. The summed E-state index contributed by atoms with van der Waals surface area (Å²) in [7, 11) is 0. The second-order valence-corrected chi connectivity index (χ2v) is 7.01. The minimum atomic E-state index is -0.472. The fourth-order valence-electron chi connectivity index (χ4n) is 2.40. The lowest BCUT2D eigenvalue weighted by Crippen LogP contribution is -2.15. The van der Waals surface area contributed by atoms with Crippen molar-refractivity contribution >= 4 is 0 Å². The average molecular weight is 533 g/mol. The van der Waals surface area contributed by atoms with Crippen LogP contribution in [0.4, 0.5) is 4.39 Å². The molecule has 0 heterocycles. The average Bonchev–Trinajstić information content (AvgIpc) is 2.89. The van der Waals surface area contributed by atoms with Crippen molar-refractivity contribution in [3.63, 3.8) is 0 Å². The summed E-state index contributed by atoms with van der Waals surface area (Å²) in [6.07, 6.45) is 0. The van der Waals surface area contributed by atoms with Crippen molar-refractivity contribution in [3.8, 4) is 0 Å². The number of ether oxygens (including phenoxy) is 11. The molecule has 36 heavy (non-hydrogen) atoms. The molecule has 0 aromatic rings. The molecular weight excluding hydrogens is 483 g/mol. The molecule has 218 valence electrons. The first-order chi connectivity index (χ1) is 17.9. The quantitative estimate of drug-likeness (QED) is 0.114. The Morgan fingerprint density at radius 3 is 0.611 bits per heavy atom. The van der Waals surface area contributed by atoms with Crippen LogP contribution in [0.1, 0.15) is 6.92 Å². The first kappa shape index (κ1) is 35.5. The van der Waals surface area contributed by atoms with Gasteiger partial charge >= 0.3 is 0 Å². The van der Waals surface area contributed by atoms with Crippen molar-refractivity contribution in [2.45, 2.75) is 6.92 Å². The van der Waals surface area contributed by atoms with Crippen molar-refractivity contribution in [1.82, 2.24) is 0 Å². The van der Waals surface area contributed by atoms with Crippen LogP contribution in [0.2, 0.25) is 0 Å². The molecule has 0 rings (SSSR count). The number of hydrogen-bond donors (Lipinski definition) is 0. The SMILES string of the molecule is CCOCCOCCOCCOCCOCCOCCOCCOCCOCCOCCOCCF. The van der Waals surface area contributed by atoms with E-state index in [-0.39, 0.29) is 6.61 Å². The number of rotatable bonds is 33. The van der Waals surface area contributed by atoms with Gasteiger partial charge < -0.3 is 52.1 Å². The van der Waals surface area contributed by atoms with E-state index in [1.807, 2.05) is 6.92 Å². The van der Waals surface area contributed by atoms with Gasteiger partial charge in [-0.25, -0.2) is 4.39 Å². The van der Waals surface area contributed by atoms with Gasteiger partial charge in [0, 0.05) is 6.61 Å². The van der Waals surface area contributed by atoms with Gasteiger partial charge in [0.1, 0.15) is 6.67 Å². The zero-order valence-corrected chi connectivity index (χ0v) is 22.1. The van der Waals surface area contributed by atoms with Crippen LogP contribution in [0.25, 0.3) is 0 Å². The number of hydrogen-bond acceptors (Lipinski definition) is 11. The van der Waals surface area contributed by atoms with Crippen molar-refractivity contribution in [1.29, 1.82) is 0 Å². The normalized spacial score (nSPS) is 11.5. The molecule has 0 bridgehead atoms. The van der Waals surface area contributed by atoms with E-state index in [0.29, 0.717) is 139 Å². The molecule has 0 aromatic heterocycles. The largest absolute Gasteiger partial charge is 0.379 e. The van der Waals surface area contributed by atoms with Gasteiger partial charge in [-0.15, -0.1) is 0 Å². The molecule has 0 saturated carbocycles. The molecule has 0 aliphatic carbocycles. The Kier molecular flexibility index (Phi) is 34.0. The van der Waals surface area contributed by atoms with Gasteiger partial charge in [-0.05, 0) is 6.92 Å². The van der Waals surface area contributed by atoms with Crippen LogP contribution >= 0.6 is 0 Å². The van der Waals surface area contributed by atoms with Gasteiger partial charge in [-0.3, -0.25) is 0 Å². The summed E-state index contributed by atoms with van der Waals surface area (Å²) in [4.78, 5) is 0. The number of halogens is 1. The fraction of sp³-hybridized carbons (Fsp3) is 1.00. The van der Waals surface area contributed by atoms with Gasteiger partial charge in [-0.1, -0.05) is 0 Å². The molecule has 0 unspecified atom stereocenters. The highest BCUT2D eigenvalue weighted by Crippen LogP contribution is 1.87. The van der Waals surface area contributed by atoms with Gasteiger partial charge in [-0.2, -0.15) is 0 Å². The van der Waals surface area contributed by atoms with Crippen LogP contribution in [0.3, 0.4) is 0 Å². The summed E-state index contributed by atoms with van der Waals surface area (Å²) < 4.78 is 70.4. The van der Waals surface area contributed by atoms with E-state index < -0.39 is 6.67 Å². The third-order valence-corrected chi connectivity index (χ3v) is 4.15. The smallest absolute Gasteiger partial charge is 0.113 e. The van der Waals surface area contributed by atoms with Crippen LogP contribution < -0.4 is 0 Å². The summed E-state index contributed by atoms with van der Waals surface area (Å²) in [5.74, 6) is 0. The third-order valence-electron chi connectivity index (χ3n) is 4.15. The predicted octanol–water partition coefficient (Wildman–Crippen LogP) is 1.16. The Morgan fingerprint density at radius 2 is 0.444 bits per heavy atom. The minimum Gasteiger partial charge on any atom is -0.379 e. The van der Waals surface area contributed by atoms with Crippen LogP contribution in [-0.2, 0) is 52.1 Å². The first-order valence-electron chi connectivity index (χ1n) is 12.8. The Morgan fingerprint density at radius 1 is 0.278 bits per heavy atom. The third kappa shape index (κ3) is 33.5. The Labute approximate surface area is 216 Å². The molecule has 0 aliphatic rings. The van der Waals surface area contributed by atoms with Gasteiger partial charge in [0.05, 0.1) is 139 Å².